The van der Waals surface area contributed by atoms with Crippen molar-refractivity contribution in [3.8, 4) is 5.75 Å². The van der Waals surface area contributed by atoms with Gasteiger partial charge in [0, 0.05) is 6.07 Å². The minimum Gasteiger partial charge on any atom is -0.495 e. The molecule has 0 aliphatic heterocycles. The minimum atomic E-state index is -3.84. The molecule has 0 unspecified atom stereocenters. The van der Waals surface area contributed by atoms with Crippen LogP contribution in [-0.2, 0) is 14.8 Å². The van der Waals surface area contributed by atoms with Gasteiger partial charge in [0.15, 0.2) is 0 Å². The van der Waals surface area contributed by atoms with Crippen LogP contribution in [0.3, 0.4) is 0 Å². The third-order valence-electron chi connectivity index (χ3n) is 3.32. The molecule has 0 spiro atoms. The molecule has 2 aromatic rings. The van der Waals surface area contributed by atoms with E-state index in [4.69, 9.17) is 16.3 Å². The molecule has 0 aliphatic carbocycles. The maximum Gasteiger partial charge on any atom is 0.245 e. The number of sulfonamides is 1. The summed E-state index contributed by atoms with van der Waals surface area (Å²) in [6.45, 7) is -0.627. The van der Waals surface area contributed by atoms with Crippen molar-refractivity contribution in [2.24, 2.45) is 0 Å². The van der Waals surface area contributed by atoms with Gasteiger partial charge in [-0.05, 0) is 30.3 Å². The number of halogens is 3. The topological polar surface area (TPSA) is 75.7 Å². The van der Waals surface area contributed by atoms with E-state index >= 15 is 0 Å². The zero-order valence-corrected chi connectivity index (χ0v) is 15.4. The van der Waals surface area contributed by atoms with Crippen molar-refractivity contribution in [3.05, 3.63) is 53.1 Å². The molecule has 0 atom stereocenters. The Morgan fingerprint density at radius 3 is 2.46 bits per heavy atom. The van der Waals surface area contributed by atoms with Crippen LogP contribution in [0.5, 0.6) is 5.75 Å². The minimum absolute atomic E-state index is 0.132. The summed E-state index contributed by atoms with van der Waals surface area (Å²) in [6, 6.07) is 6.80. The number of methoxy groups -OCH3 is 1. The van der Waals surface area contributed by atoms with E-state index in [9.17, 15) is 22.0 Å². The normalized spacial score (nSPS) is 11.1. The molecule has 10 heteroatoms. The van der Waals surface area contributed by atoms with Crippen molar-refractivity contribution >= 4 is 38.9 Å². The second-order valence-electron chi connectivity index (χ2n) is 5.26. The van der Waals surface area contributed by atoms with E-state index in [1.165, 1.54) is 25.3 Å². The number of carbonyl (C=O) groups excluding carboxylic acids is 1. The van der Waals surface area contributed by atoms with Gasteiger partial charge in [0.05, 0.1) is 29.8 Å². The summed E-state index contributed by atoms with van der Waals surface area (Å²) in [6.07, 6.45) is 0.914. The van der Waals surface area contributed by atoms with Gasteiger partial charge in [-0.25, -0.2) is 17.2 Å². The average Bonchev–Trinajstić information content (AvgIpc) is 2.54. The number of nitrogens with one attached hydrogen (secondary N) is 1. The molecule has 0 aliphatic rings. The van der Waals surface area contributed by atoms with E-state index in [1.807, 2.05) is 0 Å². The van der Waals surface area contributed by atoms with Crippen LogP contribution in [0.2, 0.25) is 5.02 Å². The zero-order chi connectivity index (χ0) is 19.5. The molecule has 0 aromatic heterocycles. The lowest BCUT2D eigenvalue weighted by Crippen LogP contribution is -2.37. The smallest absolute Gasteiger partial charge is 0.245 e. The second-order valence-corrected chi connectivity index (χ2v) is 7.57. The van der Waals surface area contributed by atoms with E-state index in [0.717, 1.165) is 22.7 Å². The number of hydrogen-bond donors (Lipinski definition) is 1. The molecule has 0 saturated heterocycles. The lowest BCUT2D eigenvalue weighted by atomic mass is 10.3. The molecule has 2 aromatic carbocycles. The van der Waals surface area contributed by atoms with Gasteiger partial charge in [0.25, 0.3) is 0 Å². The first-order valence-corrected chi connectivity index (χ1v) is 9.40. The number of nitrogens with zero attached hydrogens (tertiary/aromatic N) is 1. The Balaban J connectivity index is 2.25. The molecule has 140 valence electrons. The van der Waals surface area contributed by atoms with E-state index in [0.29, 0.717) is 11.8 Å². The fraction of sp³-hybridized carbons (Fsp3) is 0.188. The fourth-order valence-corrected chi connectivity index (χ4v) is 3.22. The van der Waals surface area contributed by atoms with Gasteiger partial charge in [-0.1, -0.05) is 11.6 Å². The van der Waals surface area contributed by atoms with Crippen LogP contribution in [0.15, 0.2) is 36.4 Å². The number of carbonyl (C=O) groups is 1. The standard InChI is InChI=1S/C16H15ClF2N2O4S/c1-25-15-6-4-11(8-12(15)17)21(26(2,23)24)9-16(22)20-14-5-3-10(18)7-13(14)19/h3-8H,9H2,1-2H3,(H,20,22). The molecule has 1 N–H and O–H groups in total. The third-order valence-corrected chi connectivity index (χ3v) is 4.75. The number of ether oxygens (including phenoxy) is 1. The lowest BCUT2D eigenvalue weighted by Gasteiger charge is -2.22. The highest BCUT2D eigenvalue weighted by atomic mass is 35.5. The van der Waals surface area contributed by atoms with Crippen LogP contribution in [-0.4, -0.2) is 34.2 Å². The van der Waals surface area contributed by atoms with Gasteiger partial charge in [-0.2, -0.15) is 0 Å². The molecule has 0 fully saturated rings. The first-order chi connectivity index (χ1) is 12.1. The first kappa shape index (κ1) is 19.9. The Kier molecular flexibility index (Phi) is 6.04. The maximum absolute atomic E-state index is 13.6. The fourth-order valence-electron chi connectivity index (χ4n) is 2.12. The monoisotopic (exact) mass is 404 g/mol. The van der Waals surface area contributed by atoms with E-state index in [1.54, 1.807) is 0 Å². The van der Waals surface area contributed by atoms with E-state index < -0.39 is 34.1 Å². The van der Waals surface area contributed by atoms with Crippen LogP contribution in [0, 0.1) is 11.6 Å². The molecular formula is C16H15ClF2N2O4S. The Morgan fingerprint density at radius 1 is 1.23 bits per heavy atom. The van der Waals surface area contributed by atoms with Crippen LogP contribution < -0.4 is 14.4 Å². The molecule has 0 saturated carbocycles. The van der Waals surface area contributed by atoms with Gasteiger partial charge < -0.3 is 10.1 Å². The number of rotatable bonds is 6. The van der Waals surface area contributed by atoms with Gasteiger partial charge in [0.1, 0.15) is 23.9 Å². The summed E-state index contributed by atoms with van der Waals surface area (Å²) >= 11 is 5.99. The Labute approximate surface area is 154 Å². The van der Waals surface area contributed by atoms with Crippen molar-refractivity contribution in [2.75, 3.05) is 29.5 Å². The van der Waals surface area contributed by atoms with Crippen molar-refractivity contribution in [1.29, 1.82) is 0 Å². The quantitative estimate of drug-likeness (QED) is 0.803. The highest BCUT2D eigenvalue weighted by Crippen LogP contribution is 2.30. The second kappa shape index (κ2) is 7.88. The Bertz CT molecular complexity index is 938. The first-order valence-electron chi connectivity index (χ1n) is 7.18. The maximum atomic E-state index is 13.6. The highest BCUT2D eigenvalue weighted by Gasteiger charge is 2.22. The lowest BCUT2D eigenvalue weighted by molar-refractivity contribution is -0.114. The summed E-state index contributed by atoms with van der Waals surface area (Å²) < 4.78 is 56.4. The molecule has 26 heavy (non-hydrogen) atoms. The predicted octanol–water partition coefficient (Wildman–Crippen LogP) is 3.03. The summed E-state index contributed by atoms with van der Waals surface area (Å²) in [5.41, 5.74) is -0.134. The summed E-state index contributed by atoms with van der Waals surface area (Å²) in [5, 5.41) is 2.36. The highest BCUT2D eigenvalue weighted by molar-refractivity contribution is 7.92. The number of anilines is 2. The predicted molar refractivity (Wildman–Crippen MR) is 95.2 cm³/mol. The largest absolute Gasteiger partial charge is 0.495 e. The van der Waals surface area contributed by atoms with Crippen molar-refractivity contribution in [3.63, 3.8) is 0 Å². The van der Waals surface area contributed by atoms with E-state index in [2.05, 4.69) is 5.32 Å². The Hall–Kier alpha value is -2.39. The number of amides is 1. The molecular weight excluding hydrogens is 390 g/mol. The van der Waals surface area contributed by atoms with E-state index in [-0.39, 0.29) is 16.4 Å². The van der Waals surface area contributed by atoms with Gasteiger partial charge in [-0.3, -0.25) is 9.10 Å². The van der Waals surface area contributed by atoms with Gasteiger partial charge in [0.2, 0.25) is 15.9 Å². The van der Waals surface area contributed by atoms with Gasteiger partial charge in [-0.15, -0.1) is 0 Å². The van der Waals surface area contributed by atoms with Crippen LogP contribution in [0.25, 0.3) is 0 Å². The summed E-state index contributed by atoms with van der Waals surface area (Å²) in [7, 11) is -2.44. The number of hydrogen-bond acceptors (Lipinski definition) is 4. The van der Waals surface area contributed by atoms with Crippen LogP contribution in [0.4, 0.5) is 20.2 Å². The summed E-state index contributed by atoms with van der Waals surface area (Å²) in [5.74, 6) is -2.25. The summed E-state index contributed by atoms with van der Waals surface area (Å²) in [4.78, 5) is 12.2. The van der Waals surface area contributed by atoms with Gasteiger partial charge >= 0.3 is 0 Å². The van der Waals surface area contributed by atoms with Crippen molar-refractivity contribution in [2.45, 2.75) is 0 Å². The van der Waals surface area contributed by atoms with Crippen molar-refractivity contribution < 1.29 is 26.7 Å². The van der Waals surface area contributed by atoms with Crippen LogP contribution >= 0.6 is 11.6 Å². The molecule has 0 heterocycles. The Morgan fingerprint density at radius 2 is 1.92 bits per heavy atom. The SMILES string of the molecule is COc1ccc(N(CC(=O)Nc2ccc(F)cc2F)S(C)(=O)=O)cc1Cl. The van der Waals surface area contributed by atoms with Crippen molar-refractivity contribution in [1.82, 2.24) is 0 Å². The number of benzene rings is 2. The third kappa shape index (κ3) is 4.83. The molecule has 0 radical (unpaired) electrons. The molecule has 0 bridgehead atoms. The molecule has 1 amide bonds. The van der Waals surface area contributed by atoms with Crippen LogP contribution in [0.1, 0.15) is 0 Å². The zero-order valence-electron chi connectivity index (χ0n) is 13.8. The average molecular weight is 405 g/mol. The molecule has 6 nitrogen and oxygen atoms in total. The molecule has 2 rings (SSSR count).